The molecule has 0 spiro atoms. The number of benzene rings is 1. The molecule has 6 nitrogen and oxygen atoms in total. The second-order valence-corrected chi connectivity index (χ2v) is 6.55. The smallest absolute Gasteiger partial charge is 0.308 e. The first-order valence-corrected chi connectivity index (χ1v) is 8.65. The van der Waals surface area contributed by atoms with Crippen molar-refractivity contribution in [2.24, 2.45) is 5.92 Å². The van der Waals surface area contributed by atoms with Crippen LogP contribution in [0.15, 0.2) is 34.7 Å². The first kappa shape index (κ1) is 17.5. The van der Waals surface area contributed by atoms with E-state index >= 15 is 0 Å². The van der Waals surface area contributed by atoms with Crippen molar-refractivity contribution in [3.63, 3.8) is 0 Å². The highest BCUT2D eigenvalue weighted by atomic mass is 16.5. The Balaban J connectivity index is 1.50. The van der Waals surface area contributed by atoms with Gasteiger partial charge in [-0.05, 0) is 45.0 Å². The van der Waals surface area contributed by atoms with E-state index in [2.05, 4.69) is 10.2 Å². The summed E-state index contributed by atoms with van der Waals surface area (Å²) in [6, 6.07) is 9.57. The molecule has 1 aromatic heterocycles. The summed E-state index contributed by atoms with van der Waals surface area (Å²) in [6.07, 6.45) is 1.47. The summed E-state index contributed by atoms with van der Waals surface area (Å²) in [5.41, 5.74) is 0.823. The van der Waals surface area contributed by atoms with Crippen molar-refractivity contribution in [1.82, 2.24) is 10.2 Å². The number of carbonyl (C=O) groups excluding carboxylic acids is 2. The van der Waals surface area contributed by atoms with Gasteiger partial charge in [0.15, 0.2) is 0 Å². The van der Waals surface area contributed by atoms with Crippen LogP contribution >= 0.6 is 0 Å². The third-order valence-corrected chi connectivity index (χ3v) is 4.74. The van der Waals surface area contributed by atoms with Crippen LogP contribution < -0.4 is 5.32 Å². The predicted octanol–water partition coefficient (Wildman–Crippen LogP) is 2.50. The van der Waals surface area contributed by atoms with E-state index in [9.17, 15) is 9.59 Å². The molecule has 6 heteroatoms. The summed E-state index contributed by atoms with van der Waals surface area (Å²) in [7, 11) is 1.42. The number of esters is 1. The van der Waals surface area contributed by atoms with Crippen molar-refractivity contribution in [3.05, 3.63) is 36.1 Å². The monoisotopic (exact) mass is 344 g/mol. The first-order chi connectivity index (χ1) is 12.1. The van der Waals surface area contributed by atoms with E-state index in [0.29, 0.717) is 6.54 Å². The number of rotatable bonds is 5. The average Bonchev–Trinajstić information content (AvgIpc) is 3.06. The SMILES string of the molecule is COC(=O)C1CCN(CC(=O)N[C@@H](C)c2cc3ccccc3o2)CC1. The van der Waals surface area contributed by atoms with Gasteiger partial charge >= 0.3 is 5.97 Å². The minimum atomic E-state index is -0.187. The maximum atomic E-state index is 12.3. The van der Waals surface area contributed by atoms with Crippen molar-refractivity contribution >= 4 is 22.8 Å². The second-order valence-electron chi connectivity index (χ2n) is 6.55. The van der Waals surface area contributed by atoms with Gasteiger partial charge in [0.2, 0.25) is 5.91 Å². The fourth-order valence-electron chi connectivity index (χ4n) is 3.27. The highest BCUT2D eigenvalue weighted by molar-refractivity contribution is 5.80. The quantitative estimate of drug-likeness (QED) is 0.844. The number of hydrogen-bond acceptors (Lipinski definition) is 5. The van der Waals surface area contributed by atoms with Crippen LogP contribution in [-0.2, 0) is 14.3 Å². The van der Waals surface area contributed by atoms with Crippen LogP contribution in [0.5, 0.6) is 0 Å². The Kier molecular flexibility index (Phi) is 5.38. The normalized spacial score (nSPS) is 17.4. The van der Waals surface area contributed by atoms with Gasteiger partial charge in [0.1, 0.15) is 11.3 Å². The molecule has 0 bridgehead atoms. The molecule has 1 atom stereocenters. The van der Waals surface area contributed by atoms with Crippen LogP contribution in [-0.4, -0.2) is 43.5 Å². The number of piperidine rings is 1. The lowest BCUT2D eigenvalue weighted by atomic mass is 9.97. The van der Waals surface area contributed by atoms with Crippen molar-refractivity contribution in [2.45, 2.75) is 25.8 Å². The molecule has 3 rings (SSSR count). The van der Waals surface area contributed by atoms with E-state index in [1.165, 1.54) is 7.11 Å². The van der Waals surface area contributed by atoms with E-state index in [0.717, 1.165) is 42.7 Å². The number of ether oxygens (including phenoxy) is 1. The molecule has 1 fully saturated rings. The molecule has 25 heavy (non-hydrogen) atoms. The Bertz CT molecular complexity index is 714. The number of nitrogens with one attached hydrogen (secondary N) is 1. The zero-order chi connectivity index (χ0) is 17.8. The van der Waals surface area contributed by atoms with Crippen LogP contribution in [0.4, 0.5) is 0 Å². The van der Waals surface area contributed by atoms with E-state index in [1.54, 1.807) is 0 Å². The number of fused-ring (bicyclic) bond motifs is 1. The summed E-state index contributed by atoms with van der Waals surface area (Å²) in [6.45, 7) is 3.70. The number of para-hydroxylation sites is 1. The third kappa shape index (κ3) is 4.20. The summed E-state index contributed by atoms with van der Waals surface area (Å²) in [5, 5.41) is 4.01. The lowest BCUT2D eigenvalue weighted by Gasteiger charge is -2.30. The van der Waals surface area contributed by atoms with E-state index in [1.807, 2.05) is 37.3 Å². The largest absolute Gasteiger partial charge is 0.469 e. The molecule has 0 saturated carbocycles. The number of amides is 1. The van der Waals surface area contributed by atoms with Crippen LogP contribution in [0.3, 0.4) is 0 Å². The van der Waals surface area contributed by atoms with Gasteiger partial charge in [0, 0.05) is 5.39 Å². The molecule has 1 aliphatic rings. The minimum absolute atomic E-state index is 0.0375. The zero-order valence-corrected chi connectivity index (χ0v) is 14.7. The van der Waals surface area contributed by atoms with E-state index in [-0.39, 0.29) is 23.8 Å². The van der Waals surface area contributed by atoms with Crippen LogP contribution in [0.25, 0.3) is 11.0 Å². The Morgan fingerprint density at radius 3 is 2.72 bits per heavy atom. The lowest BCUT2D eigenvalue weighted by Crippen LogP contribution is -2.43. The van der Waals surface area contributed by atoms with Crippen molar-refractivity contribution in [1.29, 1.82) is 0 Å². The molecular weight excluding hydrogens is 320 g/mol. The van der Waals surface area contributed by atoms with Gasteiger partial charge in [-0.15, -0.1) is 0 Å². The van der Waals surface area contributed by atoms with Crippen LogP contribution in [0.2, 0.25) is 0 Å². The fourth-order valence-corrected chi connectivity index (χ4v) is 3.27. The number of hydrogen-bond donors (Lipinski definition) is 1. The molecule has 1 saturated heterocycles. The first-order valence-electron chi connectivity index (χ1n) is 8.65. The van der Waals surface area contributed by atoms with Gasteiger partial charge in [-0.2, -0.15) is 0 Å². The van der Waals surface area contributed by atoms with Gasteiger partial charge in [-0.3, -0.25) is 14.5 Å². The Labute approximate surface area is 147 Å². The molecule has 0 aliphatic carbocycles. The summed E-state index contributed by atoms with van der Waals surface area (Å²) < 4.78 is 10.6. The number of carbonyl (C=O) groups is 2. The fraction of sp³-hybridized carbons (Fsp3) is 0.474. The molecule has 134 valence electrons. The average molecular weight is 344 g/mol. The Morgan fingerprint density at radius 1 is 1.32 bits per heavy atom. The van der Waals surface area contributed by atoms with E-state index in [4.69, 9.17) is 9.15 Å². The van der Waals surface area contributed by atoms with Gasteiger partial charge < -0.3 is 14.5 Å². The lowest BCUT2D eigenvalue weighted by molar-refractivity contribution is -0.147. The highest BCUT2D eigenvalue weighted by Crippen LogP contribution is 2.23. The molecule has 1 amide bonds. The zero-order valence-electron chi connectivity index (χ0n) is 14.7. The highest BCUT2D eigenvalue weighted by Gasteiger charge is 2.26. The predicted molar refractivity (Wildman–Crippen MR) is 94.0 cm³/mol. The minimum Gasteiger partial charge on any atom is -0.469 e. The van der Waals surface area contributed by atoms with Crippen molar-refractivity contribution in [2.75, 3.05) is 26.7 Å². The maximum Gasteiger partial charge on any atom is 0.308 e. The number of nitrogens with zero attached hydrogens (tertiary/aromatic N) is 1. The Morgan fingerprint density at radius 2 is 2.04 bits per heavy atom. The molecule has 1 aromatic carbocycles. The standard InChI is InChI=1S/C19H24N2O4/c1-13(17-11-15-5-3-4-6-16(15)25-17)20-18(22)12-21-9-7-14(8-10-21)19(23)24-2/h3-6,11,13-14H,7-10,12H2,1-2H3,(H,20,22)/t13-/m0/s1. The molecule has 2 heterocycles. The molecule has 2 aromatic rings. The van der Waals surface area contributed by atoms with Gasteiger partial charge in [-0.1, -0.05) is 18.2 Å². The molecule has 0 radical (unpaired) electrons. The van der Waals surface area contributed by atoms with Gasteiger partial charge in [0.25, 0.3) is 0 Å². The molecule has 1 aliphatic heterocycles. The van der Waals surface area contributed by atoms with Crippen LogP contribution in [0, 0.1) is 5.92 Å². The topological polar surface area (TPSA) is 71.8 Å². The maximum absolute atomic E-state index is 12.3. The van der Waals surface area contributed by atoms with Crippen molar-refractivity contribution < 1.29 is 18.7 Å². The Hall–Kier alpha value is -2.34. The molecule has 1 N–H and O–H groups in total. The number of furan rings is 1. The summed E-state index contributed by atoms with van der Waals surface area (Å²) >= 11 is 0. The third-order valence-electron chi connectivity index (χ3n) is 4.74. The van der Waals surface area contributed by atoms with Gasteiger partial charge in [-0.25, -0.2) is 0 Å². The number of methoxy groups -OCH3 is 1. The number of likely N-dealkylation sites (tertiary alicyclic amines) is 1. The van der Waals surface area contributed by atoms with E-state index < -0.39 is 0 Å². The van der Waals surface area contributed by atoms with Gasteiger partial charge in [0.05, 0.1) is 25.6 Å². The van der Waals surface area contributed by atoms with Crippen molar-refractivity contribution in [3.8, 4) is 0 Å². The van der Waals surface area contributed by atoms with Crippen LogP contribution in [0.1, 0.15) is 31.6 Å². The summed E-state index contributed by atoms with van der Waals surface area (Å²) in [5.74, 6) is 0.518. The molecule has 0 unspecified atom stereocenters. The second kappa shape index (κ2) is 7.70. The molecular formula is C19H24N2O4. The summed E-state index contributed by atoms with van der Waals surface area (Å²) in [4.78, 5) is 25.9.